The van der Waals surface area contributed by atoms with Gasteiger partial charge < -0.3 is 5.11 Å². The van der Waals surface area contributed by atoms with E-state index in [0.29, 0.717) is 0 Å². The lowest BCUT2D eigenvalue weighted by atomic mass is 9.78. The summed E-state index contributed by atoms with van der Waals surface area (Å²) in [4.78, 5) is 4.39. The molecule has 0 amide bonds. The molecule has 1 aliphatic heterocycles. The van der Waals surface area contributed by atoms with Crippen molar-refractivity contribution in [1.82, 2.24) is 0 Å². The lowest BCUT2D eigenvalue weighted by molar-refractivity contribution is 0.0735. The first kappa shape index (κ1) is 7.29. The van der Waals surface area contributed by atoms with Crippen molar-refractivity contribution < 1.29 is 5.11 Å². The van der Waals surface area contributed by atoms with Gasteiger partial charge in [-0.25, -0.2) is 0 Å². The van der Waals surface area contributed by atoms with Crippen LogP contribution in [0.3, 0.4) is 0 Å². The predicted octanol–water partition coefficient (Wildman–Crippen LogP) is 1.53. The lowest BCUT2D eigenvalue weighted by Crippen LogP contribution is -2.43. The number of rotatable bonds is 0. The Balaban J connectivity index is 2.22. The smallest absolute Gasteiger partial charge is 0.102 e. The van der Waals surface area contributed by atoms with Gasteiger partial charge in [-0.15, -0.1) is 0 Å². The molecule has 0 saturated heterocycles. The van der Waals surface area contributed by atoms with Gasteiger partial charge in [-0.05, 0) is 38.5 Å². The van der Waals surface area contributed by atoms with E-state index in [1.807, 2.05) is 0 Å². The van der Waals surface area contributed by atoms with Gasteiger partial charge in [0.1, 0.15) is 5.60 Å². The summed E-state index contributed by atoms with van der Waals surface area (Å²) in [5, 5.41) is 10.1. The summed E-state index contributed by atoms with van der Waals surface area (Å²) in [5.41, 5.74) is 0.617. The Hall–Kier alpha value is -0.370. The lowest BCUT2D eigenvalue weighted by Gasteiger charge is -2.36. The van der Waals surface area contributed by atoms with Gasteiger partial charge in [-0.1, -0.05) is 0 Å². The largest absolute Gasteiger partial charge is 0.384 e. The second-order valence-corrected chi connectivity index (χ2v) is 3.67. The molecule has 2 heteroatoms. The molecule has 62 valence electrons. The molecule has 1 atom stereocenters. The number of hydrogen-bond donors (Lipinski definition) is 1. The maximum atomic E-state index is 10.1. The van der Waals surface area contributed by atoms with Crippen LogP contribution in [0.1, 0.15) is 38.5 Å². The van der Waals surface area contributed by atoms with Gasteiger partial charge in [0.05, 0.1) is 0 Å². The van der Waals surface area contributed by atoms with Crippen molar-refractivity contribution >= 4 is 5.71 Å². The molecule has 1 unspecified atom stereocenters. The minimum atomic E-state index is -0.476. The summed E-state index contributed by atoms with van der Waals surface area (Å²) in [6.07, 6.45) is 6.41. The Morgan fingerprint density at radius 2 is 2.00 bits per heavy atom. The number of aliphatic imine (C=N–C) groups is 1. The van der Waals surface area contributed by atoms with Crippen molar-refractivity contribution in [1.29, 1.82) is 0 Å². The van der Waals surface area contributed by atoms with E-state index in [0.717, 1.165) is 37.9 Å². The topological polar surface area (TPSA) is 32.6 Å². The Kier molecular flexibility index (Phi) is 1.72. The van der Waals surface area contributed by atoms with E-state index < -0.39 is 5.60 Å². The molecule has 1 aliphatic carbocycles. The normalized spacial score (nSPS) is 37.7. The van der Waals surface area contributed by atoms with Crippen molar-refractivity contribution in [2.75, 3.05) is 6.54 Å². The third-order valence-electron chi connectivity index (χ3n) is 2.84. The highest BCUT2D eigenvalue weighted by molar-refractivity contribution is 5.93. The molecule has 11 heavy (non-hydrogen) atoms. The number of nitrogens with zero attached hydrogens (tertiary/aromatic N) is 1. The molecule has 2 rings (SSSR count). The van der Waals surface area contributed by atoms with Crippen LogP contribution < -0.4 is 0 Å². The van der Waals surface area contributed by atoms with Crippen LogP contribution in [0.15, 0.2) is 4.99 Å². The predicted molar refractivity (Wildman–Crippen MR) is 45.0 cm³/mol. The van der Waals surface area contributed by atoms with Gasteiger partial charge in [0.15, 0.2) is 0 Å². The molecule has 2 aliphatic rings. The summed E-state index contributed by atoms with van der Waals surface area (Å²) >= 11 is 0. The van der Waals surface area contributed by atoms with Gasteiger partial charge >= 0.3 is 0 Å². The summed E-state index contributed by atoms with van der Waals surface area (Å²) in [7, 11) is 0. The van der Waals surface area contributed by atoms with Crippen molar-refractivity contribution in [2.45, 2.75) is 44.1 Å². The van der Waals surface area contributed by atoms with Crippen molar-refractivity contribution in [3.8, 4) is 0 Å². The zero-order valence-electron chi connectivity index (χ0n) is 6.84. The van der Waals surface area contributed by atoms with Crippen molar-refractivity contribution in [3.63, 3.8) is 0 Å². The molecule has 0 bridgehead atoms. The molecule has 0 aromatic carbocycles. The molecule has 0 aromatic heterocycles. The van der Waals surface area contributed by atoms with E-state index in [4.69, 9.17) is 0 Å². The SMILES string of the molecule is OC12CCCCC1=NCCC2. The van der Waals surface area contributed by atoms with Gasteiger partial charge in [0.2, 0.25) is 0 Å². The average Bonchev–Trinajstić information content (AvgIpc) is 2.03. The fourth-order valence-electron chi connectivity index (χ4n) is 2.17. The molecule has 0 spiro atoms. The minimum absolute atomic E-state index is 0.476. The van der Waals surface area contributed by atoms with Crippen LogP contribution in [-0.2, 0) is 0 Å². The summed E-state index contributed by atoms with van der Waals surface area (Å²) in [6, 6.07) is 0. The van der Waals surface area contributed by atoms with E-state index in [9.17, 15) is 5.11 Å². The van der Waals surface area contributed by atoms with Crippen LogP contribution in [0.5, 0.6) is 0 Å². The quantitative estimate of drug-likeness (QED) is 0.562. The standard InChI is InChI=1S/C9H15NO/c11-9-5-2-1-4-8(9)10-7-3-6-9/h11H,1-7H2. The number of aliphatic hydroxyl groups is 1. The van der Waals surface area contributed by atoms with E-state index in [-0.39, 0.29) is 0 Å². The van der Waals surface area contributed by atoms with Crippen LogP contribution in [0, 0.1) is 0 Å². The molecule has 1 N–H and O–H groups in total. The van der Waals surface area contributed by atoms with Crippen LogP contribution in [-0.4, -0.2) is 23.0 Å². The van der Waals surface area contributed by atoms with Gasteiger partial charge in [-0.2, -0.15) is 0 Å². The highest BCUT2D eigenvalue weighted by Gasteiger charge is 2.36. The van der Waals surface area contributed by atoms with Crippen LogP contribution in [0.25, 0.3) is 0 Å². The molecule has 0 aromatic rings. The first-order valence-electron chi connectivity index (χ1n) is 4.57. The van der Waals surface area contributed by atoms with Crippen LogP contribution in [0.4, 0.5) is 0 Å². The van der Waals surface area contributed by atoms with Crippen LogP contribution >= 0.6 is 0 Å². The maximum Gasteiger partial charge on any atom is 0.102 e. The minimum Gasteiger partial charge on any atom is -0.384 e. The average molecular weight is 153 g/mol. The fraction of sp³-hybridized carbons (Fsp3) is 0.889. The summed E-state index contributed by atoms with van der Waals surface area (Å²) < 4.78 is 0. The number of fused-ring (bicyclic) bond motifs is 1. The van der Waals surface area contributed by atoms with Gasteiger partial charge in [0.25, 0.3) is 0 Å². The highest BCUT2D eigenvalue weighted by Crippen LogP contribution is 2.32. The molecular formula is C9H15NO. The highest BCUT2D eigenvalue weighted by atomic mass is 16.3. The molecule has 0 radical (unpaired) electrons. The number of hydrogen-bond acceptors (Lipinski definition) is 2. The van der Waals surface area contributed by atoms with Gasteiger partial charge in [-0.3, -0.25) is 4.99 Å². The van der Waals surface area contributed by atoms with E-state index in [1.54, 1.807) is 0 Å². The molecule has 1 saturated carbocycles. The molecule has 1 fully saturated rings. The van der Waals surface area contributed by atoms with E-state index in [1.165, 1.54) is 12.8 Å². The Morgan fingerprint density at radius 1 is 1.18 bits per heavy atom. The van der Waals surface area contributed by atoms with Crippen LogP contribution in [0.2, 0.25) is 0 Å². The zero-order chi connectivity index (χ0) is 7.73. The Labute approximate surface area is 67.3 Å². The van der Waals surface area contributed by atoms with E-state index >= 15 is 0 Å². The monoisotopic (exact) mass is 153 g/mol. The third-order valence-corrected chi connectivity index (χ3v) is 2.84. The first-order chi connectivity index (χ1) is 5.31. The fourth-order valence-corrected chi connectivity index (χ4v) is 2.17. The molecular weight excluding hydrogens is 138 g/mol. The molecule has 1 heterocycles. The third kappa shape index (κ3) is 1.20. The molecule has 2 nitrogen and oxygen atoms in total. The van der Waals surface area contributed by atoms with Crippen molar-refractivity contribution in [2.24, 2.45) is 4.99 Å². The maximum absolute atomic E-state index is 10.1. The second-order valence-electron chi connectivity index (χ2n) is 3.67. The first-order valence-corrected chi connectivity index (χ1v) is 4.57. The van der Waals surface area contributed by atoms with E-state index in [2.05, 4.69) is 4.99 Å². The Morgan fingerprint density at radius 3 is 2.82 bits per heavy atom. The van der Waals surface area contributed by atoms with Gasteiger partial charge in [0, 0.05) is 12.3 Å². The Bertz CT molecular complexity index is 188. The summed E-state index contributed by atoms with van der Waals surface area (Å²) in [6.45, 7) is 0.942. The summed E-state index contributed by atoms with van der Waals surface area (Å²) in [5.74, 6) is 0. The van der Waals surface area contributed by atoms with Crippen molar-refractivity contribution in [3.05, 3.63) is 0 Å². The zero-order valence-corrected chi connectivity index (χ0v) is 6.84. The second kappa shape index (κ2) is 2.59.